The van der Waals surface area contributed by atoms with Crippen molar-refractivity contribution in [2.75, 3.05) is 6.54 Å². The van der Waals surface area contributed by atoms with Crippen molar-refractivity contribution < 1.29 is 9.53 Å². The van der Waals surface area contributed by atoms with Crippen LogP contribution >= 0.6 is 0 Å². The van der Waals surface area contributed by atoms with E-state index in [-0.39, 0.29) is 5.91 Å². The van der Waals surface area contributed by atoms with E-state index in [4.69, 9.17) is 4.74 Å². The van der Waals surface area contributed by atoms with E-state index >= 15 is 0 Å². The van der Waals surface area contributed by atoms with E-state index in [1.807, 2.05) is 25.1 Å². The molecule has 1 amide bonds. The summed E-state index contributed by atoms with van der Waals surface area (Å²) in [6.07, 6.45) is 1.74. The van der Waals surface area contributed by atoms with E-state index < -0.39 is 0 Å². The average Bonchev–Trinajstić information content (AvgIpc) is 2.57. The highest BCUT2D eigenvalue weighted by molar-refractivity contribution is 5.94. The monoisotopic (exact) mass is 320 g/mol. The highest BCUT2D eigenvalue weighted by atomic mass is 16.5. The number of pyridine rings is 1. The third-order valence-electron chi connectivity index (χ3n) is 3.98. The molecule has 1 N–H and O–H groups in total. The highest BCUT2D eigenvalue weighted by Crippen LogP contribution is 2.30. The molecule has 3 aromatic rings. The molecule has 0 saturated carbocycles. The zero-order valence-corrected chi connectivity index (χ0v) is 14.1. The lowest BCUT2D eigenvalue weighted by Crippen LogP contribution is -2.22. The van der Waals surface area contributed by atoms with E-state index in [1.54, 1.807) is 18.3 Å². The Hall–Kier alpha value is -2.88. The van der Waals surface area contributed by atoms with Crippen LogP contribution in [0.2, 0.25) is 0 Å². The van der Waals surface area contributed by atoms with Crippen molar-refractivity contribution in [2.45, 2.75) is 20.8 Å². The van der Waals surface area contributed by atoms with Crippen LogP contribution in [0.5, 0.6) is 11.5 Å². The molecule has 0 radical (unpaired) electrons. The van der Waals surface area contributed by atoms with Gasteiger partial charge in [0.2, 0.25) is 0 Å². The van der Waals surface area contributed by atoms with Gasteiger partial charge in [-0.3, -0.25) is 9.78 Å². The van der Waals surface area contributed by atoms with Gasteiger partial charge in [-0.1, -0.05) is 6.07 Å². The minimum Gasteiger partial charge on any atom is -0.457 e. The van der Waals surface area contributed by atoms with Gasteiger partial charge in [-0.2, -0.15) is 0 Å². The Morgan fingerprint density at radius 2 is 1.92 bits per heavy atom. The number of fused-ring (bicyclic) bond motifs is 1. The summed E-state index contributed by atoms with van der Waals surface area (Å²) in [5.41, 5.74) is 3.87. The molecule has 1 aromatic heterocycles. The number of carbonyl (C=O) groups is 1. The fourth-order valence-electron chi connectivity index (χ4n) is 2.56. The van der Waals surface area contributed by atoms with Gasteiger partial charge in [0.05, 0.1) is 5.52 Å². The van der Waals surface area contributed by atoms with Gasteiger partial charge in [0.1, 0.15) is 11.5 Å². The van der Waals surface area contributed by atoms with E-state index in [2.05, 4.69) is 36.3 Å². The van der Waals surface area contributed by atoms with Gasteiger partial charge >= 0.3 is 0 Å². The van der Waals surface area contributed by atoms with Gasteiger partial charge < -0.3 is 10.1 Å². The average molecular weight is 320 g/mol. The fraction of sp³-hybridized carbons (Fsp3) is 0.200. The van der Waals surface area contributed by atoms with E-state index in [0.29, 0.717) is 17.9 Å². The van der Waals surface area contributed by atoms with Crippen LogP contribution in [0.4, 0.5) is 0 Å². The second kappa shape index (κ2) is 6.71. The molecule has 0 aliphatic carbocycles. The van der Waals surface area contributed by atoms with E-state index in [0.717, 1.165) is 16.7 Å². The number of aryl methyl sites for hydroxylation is 2. The third-order valence-corrected chi connectivity index (χ3v) is 3.98. The van der Waals surface area contributed by atoms with Crippen molar-refractivity contribution in [2.24, 2.45) is 0 Å². The highest BCUT2D eigenvalue weighted by Gasteiger charge is 2.09. The minimum absolute atomic E-state index is 0.103. The lowest BCUT2D eigenvalue weighted by molar-refractivity contribution is 0.0955. The number of aromatic nitrogens is 1. The quantitative estimate of drug-likeness (QED) is 0.775. The third kappa shape index (κ3) is 3.23. The SMILES string of the molecule is CCNC(=O)c1cccc(Oc2ccnc3cc(C)c(C)cc23)c1. The Balaban J connectivity index is 1.97. The normalized spacial score (nSPS) is 10.6. The fourth-order valence-corrected chi connectivity index (χ4v) is 2.56. The molecule has 0 atom stereocenters. The number of ether oxygens (including phenoxy) is 1. The first-order chi connectivity index (χ1) is 11.6. The second-order valence-corrected chi connectivity index (χ2v) is 5.75. The zero-order chi connectivity index (χ0) is 17.1. The molecule has 4 heteroatoms. The molecular formula is C20H20N2O2. The molecule has 0 fully saturated rings. The molecule has 0 bridgehead atoms. The van der Waals surface area contributed by atoms with Gasteiger partial charge in [-0.15, -0.1) is 0 Å². The molecule has 1 heterocycles. The smallest absolute Gasteiger partial charge is 0.251 e. The zero-order valence-electron chi connectivity index (χ0n) is 14.1. The summed E-state index contributed by atoms with van der Waals surface area (Å²) in [6.45, 7) is 6.63. The molecule has 24 heavy (non-hydrogen) atoms. The van der Waals surface area contributed by atoms with Crippen molar-refractivity contribution in [1.29, 1.82) is 0 Å². The lowest BCUT2D eigenvalue weighted by Gasteiger charge is -2.11. The molecule has 0 unspecified atom stereocenters. The Labute approximate surface area is 141 Å². The summed E-state index contributed by atoms with van der Waals surface area (Å²) < 4.78 is 6.04. The molecular weight excluding hydrogens is 300 g/mol. The minimum atomic E-state index is -0.103. The van der Waals surface area contributed by atoms with Gasteiger partial charge in [0, 0.05) is 23.7 Å². The predicted octanol–water partition coefficient (Wildman–Crippen LogP) is 4.39. The topological polar surface area (TPSA) is 51.2 Å². The van der Waals surface area contributed by atoms with E-state index in [9.17, 15) is 4.79 Å². The standard InChI is InChI=1S/C20H20N2O2/c1-4-21-20(23)15-6-5-7-16(12-15)24-19-8-9-22-18-11-14(3)13(2)10-17(18)19/h5-12H,4H2,1-3H3,(H,21,23). The van der Waals surface area contributed by atoms with Crippen molar-refractivity contribution in [1.82, 2.24) is 10.3 Å². The number of rotatable bonds is 4. The Morgan fingerprint density at radius 1 is 1.12 bits per heavy atom. The van der Waals surface area contributed by atoms with Gasteiger partial charge in [-0.05, 0) is 68.3 Å². The first-order valence-electron chi connectivity index (χ1n) is 8.00. The summed E-state index contributed by atoms with van der Waals surface area (Å²) in [5.74, 6) is 1.26. The van der Waals surface area contributed by atoms with Crippen LogP contribution in [0.15, 0.2) is 48.7 Å². The van der Waals surface area contributed by atoms with Crippen LogP contribution in [-0.4, -0.2) is 17.4 Å². The molecule has 4 nitrogen and oxygen atoms in total. The summed E-state index contributed by atoms with van der Waals surface area (Å²) in [4.78, 5) is 16.4. The van der Waals surface area contributed by atoms with Crippen LogP contribution in [-0.2, 0) is 0 Å². The van der Waals surface area contributed by atoms with Crippen LogP contribution in [0.25, 0.3) is 10.9 Å². The number of amides is 1. The van der Waals surface area contributed by atoms with Gasteiger partial charge in [0.15, 0.2) is 0 Å². The van der Waals surface area contributed by atoms with Crippen LogP contribution < -0.4 is 10.1 Å². The molecule has 3 rings (SSSR count). The molecule has 0 spiro atoms. The second-order valence-electron chi connectivity index (χ2n) is 5.75. The molecule has 0 saturated heterocycles. The summed E-state index contributed by atoms with van der Waals surface area (Å²) in [6, 6.07) is 13.2. The van der Waals surface area contributed by atoms with Crippen LogP contribution in [0.1, 0.15) is 28.4 Å². The largest absolute Gasteiger partial charge is 0.457 e. The van der Waals surface area contributed by atoms with Crippen molar-refractivity contribution in [3.05, 3.63) is 65.4 Å². The van der Waals surface area contributed by atoms with Gasteiger partial charge in [0.25, 0.3) is 5.91 Å². The summed E-state index contributed by atoms with van der Waals surface area (Å²) in [5, 5.41) is 3.75. The van der Waals surface area contributed by atoms with E-state index in [1.165, 1.54) is 11.1 Å². The predicted molar refractivity (Wildman–Crippen MR) is 95.7 cm³/mol. The first-order valence-corrected chi connectivity index (χ1v) is 8.00. The van der Waals surface area contributed by atoms with Gasteiger partial charge in [-0.25, -0.2) is 0 Å². The number of carbonyl (C=O) groups excluding carboxylic acids is 1. The maximum absolute atomic E-state index is 12.0. The number of hydrogen-bond acceptors (Lipinski definition) is 3. The summed E-state index contributed by atoms with van der Waals surface area (Å²) in [7, 11) is 0. The molecule has 0 aliphatic heterocycles. The van der Waals surface area contributed by atoms with Crippen LogP contribution in [0, 0.1) is 13.8 Å². The maximum atomic E-state index is 12.0. The number of nitrogens with zero attached hydrogens (tertiary/aromatic N) is 1. The van der Waals surface area contributed by atoms with Crippen molar-refractivity contribution >= 4 is 16.8 Å². The molecule has 0 aliphatic rings. The molecule has 122 valence electrons. The maximum Gasteiger partial charge on any atom is 0.251 e. The number of hydrogen-bond donors (Lipinski definition) is 1. The molecule has 2 aromatic carbocycles. The Bertz CT molecular complexity index is 903. The van der Waals surface area contributed by atoms with Crippen molar-refractivity contribution in [3.63, 3.8) is 0 Å². The van der Waals surface area contributed by atoms with Crippen LogP contribution in [0.3, 0.4) is 0 Å². The summed E-state index contributed by atoms with van der Waals surface area (Å²) >= 11 is 0. The van der Waals surface area contributed by atoms with Crippen molar-refractivity contribution in [3.8, 4) is 11.5 Å². The Morgan fingerprint density at radius 3 is 2.71 bits per heavy atom. The lowest BCUT2D eigenvalue weighted by atomic mass is 10.1. The Kier molecular flexibility index (Phi) is 4.47. The number of nitrogens with one attached hydrogen (secondary N) is 1. The first kappa shape index (κ1) is 16.0. The number of benzene rings is 2.